The van der Waals surface area contributed by atoms with Crippen molar-refractivity contribution < 1.29 is 0 Å². The lowest BCUT2D eigenvalue weighted by Crippen LogP contribution is -2.06. The predicted molar refractivity (Wildman–Crippen MR) is 53.8 cm³/mol. The Morgan fingerprint density at radius 1 is 1.50 bits per heavy atom. The Bertz CT molecular complexity index is 376. The van der Waals surface area contributed by atoms with Crippen molar-refractivity contribution in [3.8, 4) is 0 Å². The van der Waals surface area contributed by atoms with Gasteiger partial charge in [-0.2, -0.15) is 5.10 Å². The minimum atomic E-state index is 0.719. The molecule has 2 N–H and O–H groups in total. The van der Waals surface area contributed by atoms with E-state index in [0.29, 0.717) is 0 Å². The lowest BCUT2D eigenvalue weighted by Gasteiger charge is -2.05. The predicted octanol–water partition coefficient (Wildman–Crippen LogP) is 1.24. The smallest absolute Gasteiger partial charge is 0.203 e. The third kappa shape index (κ3) is 1.76. The minimum Gasteiger partial charge on any atom is -0.350 e. The third-order valence-corrected chi connectivity index (χ3v) is 2.05. The summed E-state index contributed by atoms with van der Waals surface area (Å²) in [5.41, 5.74) is 1.05. The number of nitrogens with zero attached hydrogens (tertiary/aromatic N) is 3. The molecule has 0 aliphatic rings. The minimum absolute atomic E-state index is 0.719. The molecular weight excluding hydrogens is 178 g/mol. The van der Waals surface area contributed by atoms with Gasteiger partial charge in [0.1, 0.15) is 0 Å². The van der Waals surface area contributed by atoms with Crippen molar-refractivity contribution in [1.29, 1.82) is 0 Å². The molecule has 0 fully saturated rings. The van der Waals surface area contributed by atoms with E-state index in [1.807, 2.05) is 12.3 Å². The van der Waals surface area contributed by atoms with Crippen molar-refractivity contribution in [2.24, 2.45) is 0 Å². The van der Waals surface area contributed by atoms with Crippen LogP contribution in [0, 0.1) is 0 Å². The molecule has 0 amide bonds. The van der Waals surface area contributed by atoms with Crippen molar-refractivity contribution in [2.75, 3.05) is 5.32 Å². The average Bonchev–Trinajstić information content (AvgIpc) is 2.85. The number of aromatic nitrogens is 4. The van der Waals surface area contributed by atoms with Gasteiger partial charge in [-0.25, -0.2) is 4.98 Å². The van der Waals surface area contributed by atoms with Crippen LogP contribution in [0.3, 0.4) is 0 Å². The molecule has 0 spiro atoms. The van der Waals surface area contributed by atoms with Crippen LogP contribution in [-0.4, -0.2) is 19.7 Å². The first-order valence-corrected chi connectivity index (χ1v) is 4.63. The summed E-state index contributed by atoms with van der Waals surface area (Å²) in [7, 11) is 0. The number of aromatic amines is 1. The first-order valence-electron chi connectivity index (χ1n) is 4.63. The molecule has 0 aromatic carbocycles. The van der Waals surface area contributed by atoms with Crippen LogP contribution in [0.25, 0.3) is 0 Å². The monoisotopic (exact) mass is 191 g/mol. The quantitative estimate of drug-likeness (QED) is 0.764. The lowest BCUT2D eigenvalue weighted by atomic mass is 10.4. The number of H-pyrrole nitrogens is 1. The first kappa shape index (κ1) is 8.80. The molecule has 2 heterocycles. The highest BCUT2D eigenvalue weighted by molar-refractivity contribution is 5.26. The third-order valence-electron chi connectivity index (χ3n) is 2.05. The highest BCUT2D eigenvalue weighted by Gasteiger charge is 2.00. The number of hydrogen-bond donors (Lipinski definition) is 2. The Balaban J connectivity index is 1.98. The van der Waals surface area contributed by atoms with E-state index in [2.05, 4.69) is 32.0 Å². The maximum Gasteiger partial charge on any atom is 0.203 e. The van der Waals surface area contributed by atoms with Gasteiger partial charge in [0.25, 0.3) is 0 Å². The zero-order chi connectivity index (χ0) is 9.80. The average molecular weight is 191 g/mol. The molecule has 0 bridgehead atoms. The van der Waals surface area contributed by atoms with E-state index in [1.165, 1.54) is 0 Å². The number of imidazole rings is 1. The highest BCUT2D eigenvalue weighted by atomic mass is 15.2. The molecule has 2 aromatic rings. The summed E-state index contributed by atoms with van der Waals surface area (Å²) < 4.78 is 2.05. The van der Waals surface area contributed by atoms with Crippen LogP contribution in [0.5, 0.6) is 0 Å². The normalized spacial score (nSPS) is 10.4. The second-order valence-corrected chi connectivity index (χ2v) is 2.97. The van der Waals surface area contributed by atoms with Crippen LogP contribution in [0.2, 0.25) is 0 Å². The molecule has 0 saturated carbocycles. The topological polar surface area (TPSA) is 58.5 Å². The van der Waals surface area contributed by atoms with E-state index in [1.54, 1.807) is 12.4 Å². The lowest BCUT2D eigenvalue weighted by molar-refractivity contribution is 0.761. The first-order chi connectivity index (χ1) is 6.90. The Morgan fingerprint density at radius 2 is 2.43 bits per heavy atom. The van der Waals surface area contributed by atoms with Crippen molar-refractivity contribution in [3.63, 3.8) is 0 Å². The largest absolute Gasteiger partial charge is 0.350 e. The zero-order valence-electron chi connectivity index (χ0n) is 8.07. The number of rotatable bonds is 4. The van der Waals surface area contributed by atoms with E-state index in [4.69, 9.17) is 0 Å². The van der Waals surface area contributed by atoms with Crippen LogP contribution in [0.4, 0.5) is 5.95 Å². The Kier molecular flexibility index (Phi) is 2.48. The van der Waals surface area contributed by atoms with Crippen molar-refractivity contribution in [1.82, 2.24) is 19.7 Å². The molecule has 0 saturated heterocycles. The molecular formula is C9H13N5. The molecule has 14 heavy (non-hydrogen) atoms. The molecule has 74 valence electrons. The van der Waals surface area contributed by atoms with E-state index in [9.17, 15) is 0 Å². The van der Waals surface area contributed by atoms with Crippen LogP contribution >= 0.6 is 0 Å². The van der Waals surface area contributed by atoms with Gasteiger partial charge in [0.2, 0.25) is 5.95 Å². The fourth-order valence-electron chi connectivity index (χ4n) is 1.29. The number of anilines is 1. The Hall–Kier alpha value is -1.78. The second-order valence-electron chi connectivity index (χ2n) is 2.97. The molecule has 2 rings (SSSR count). The number of aryl methyl sites for hydroxylation is 1. The van der Waals surface area contributed by atoms with Crippen molar-refractivity contribution >= 4 is 5.95 Å². The standard InChI is InChI=1S/C9H13N5/c1-2-14-6-5-10-9(14)11-7-8-3-4-12-13-8/h3-6H,2,7H2,1H3,(H,10,11)(H,12,13). The summed E-state index contributed by atoms with van der Waals surface area (Å²) in [5, 5.41) is 9.99. The van der Waals surface area contributed by atoms with Gasteiger partial charge in [0.05, 0.1) is 12.2 Å². The van der Waals surface area contributed by atoms with Crippen molar-refractivity contribution in [3.05, 3.63) is 30.4 Å². The number of nitrogens with one attached hydrogen (secondary N) is 2. The second kappa shape index (κ2) is 3.95. The summed E-state index contributed by atoms with van der Waals surface area (Å²) in [6.07, 6.45) is 5.48. The fourth-order valence-corrected chi connectivity index (χ4v) is 1.29. The number of hydrogen-bond acceptors (Lipinski definition) is 3. The van der Waals surface area contributed by atoms with E-state index >= 15 is 0 Å². The van der Waals surface area contributed by atoms with E-state index < -0.39 is 0 Å². The summed E-state index contributed by atoms with van der Waals surface area (Å²) in [5.74, 6) is 0.891. The Morgan fingerprint density at radius 3 is 3.14 bits per heavy atom. The molecule has 5 heteroatoms. The SMILES string of the molecule is CCn1ccnc1NCc1ccn[nH]1. The maximum atomic E-state index is 4.20. The van der Waals surface area contributed by atoms with Gasteiger partial charge in [-0.15, -0.1) is 0 Å². The molecule has 0 aliphatic heterocycles. The van der Waals surface area contributed by atoms with Crippen LogP contribution in [0.1, 0.15) is 12.6 Å². The zero-order valence-corrected chi connectivity index (χ0v) is 8.07. The molecule has 0 unspecified atom stereocenters. The molecule has 0 aliphatic carbocycles. The highest BCUT2D eigenvalue weighted by Crippen LogP contribution is 2.05. The molecule has 5 nitrogen and oxygen atoms in total. The maximum absolute atomic E-state index is 4.20. The van der Waals surface area contributed by atoms with E-state index in [0.717, 1.165) is 24.7 Å². The van der Waals surface area contributed by atoms with Gasteiger partial charge in [-0.3, -0.25) is 5.10 Å². The molecule has 2 aromatic heterocycles. The Labute approximate surface area is 82.2 Å². The fraction of sp³-hybridized carbons (Fsp3) is 0.333. The summed E-state index contributed by atoms with van der Waals surface area (Å²) in [6, 6.07) is 1.94. The molecule has 0 radical (unpaired) electrons. The van der Waals surface area contributed by atoms with Crippen molar-refractivity contribution in [2.45, 2.75) is 20.0 Å². The van der Waals surface area contributed by atoms with Gasteiger partial charge in [0.15, 0.2) is 0 Å². The summed E-state index contributed by atoms with van der Waals surface area (Å²) in [4.78, 5) is 4.20. The summed E-state index contributed by atoms with van der Waals surface area (Å²) >= 11 is 0. The van der Waals surface area contributed by atoms with Crippen LogP contribution in [-0.2, 0) is 13.1 Å². The van der Waals surface area contributed by atoms with Gasteiger partial charge in [0, 0.05) is 25.1 Å². The summed E-state index contributed by atoms with van der Waals surface area (Å²) in [6.45, 7) is 3.73. The van der Waals surface area contributed by atoms with Gasteiger partial charge in [-0.1, -0.05) is 0 Å². The van der Waals surface area contributed by atoms with Gasteiger partial charge < -0.3 is 9.88 Å². The van der Waals surface area contributed by atoms with Gasteiger partial charge in [-0.05, 0) is 13.0 Å². The molecule has 0 atom stereocenters. The van der Waals surface area contributed by atoms with E-state index in [-0.39, 0.29) is 0 Å². The van der Waals surface area contributed by atoms with Crippen LogP contribution < -0.4 is 5.32 Å². The van der Waals surface area contributed by atoms with Crippen LogP contribution in [0.15, 0.2) is 24.7 Å². The van der Waals surface area contributed by atoms with Gasteiger partial charge >= 0.3 is 0 Å².